The Morgan fingerprint density at radius 3 is 2.06 bits per heavy atom. The van der Waals surface area contributed by atoms with E-state index in [1.54, 1.807) is 26.2 Å². The van der Waals surface area contributed by atoms with Gasteiger partial charge in [0.15, 0.2) is 0 Å². The summed E-state index contributed by atoms with van der Waals surface area (Å²) in [6.45, 7) is 6.02. The molecule has 0 spiro atoms. The molecule has 7 nitrogen and oxygen atoms in total. The van der Waals surface area contributed by atoms with E-state index in [1.165, 1.54) is 28.0 Å². The van der Waals surface area contributed by atoms with Crippen LogP contribution in [0.2, 0.25) is 0 Å². The molecular weight excluding hydrogens is 603 g/mol. The molecule has 3 N–H and O–H groups in total. The van der Waals surface area contributed by atoms with Gasteiger partial charge in [-0.15, -0.1) is 0 Å². The molecule has 0 radical (unpaired) electrons. The van der Waals surface area contributed by atoms with Crippen molar-refractivity contribution in [1.29, 1.82) is 0 Å². The lowest BCUT2D eigenvalue weighted by molar-refractivity contribution is -0.146. The van der Waals surface area contributed by atoms with Crippen molar-refractivity contribution in [3.63, 3.8) is 0 Å². The molecule has 0 unspecified atom stereocenters. The molecule has 4 rings (SSSR count). The average Bonchev–Trinajstić information content (AvgIpc) is 3.05. The van der Waals surface area contributed by atoms with Crippen LogP contribution in [0.3, 0.4) is 0 Å². The van der Waals surface area contributed by atoms with E-state index in [0.717, 1.165) is 27.5 Å². The Hall–Kier alpha value is -4.82. The van der Waals surface area contributed by atoms with Gasteiger partial charge in [0.05, 0.1) is 0 Å². The van der Waals surface area contributed by atoms with Crippen LogP contribution in [0.25, 0.3) is 10.8 Å². The van der Waals surface area contributed by atoms with E-state index in [1.807, 2.05) is 93.6 Å². The van der Waals surface area contributed by atoms with Gasteiger partial charge in [-0.2, -0.15) is 0 Å². The molecule has 0 aliphatic heterocycles. The predicted octanol–water partition coefficient (Wildman–Crippen LogP) is 5.85. The van der Waals surface area contributed by atoms with Gasteiger partial charge in [0.1, 0.15) is 17.9 Å². The van der Waals surface area contributed by atoms with Gasteiger partial charge in [0.25, 0.3) is 0 Å². The summed E-state index contributed by atoms with van der Waals surface area (Å²) in [6.07, 6.45) is 3.08. The van der Waals surface area contributed by atoms with Gasteiger partial charge in [-0.3, -0.25) is 14.4 Å². The van der Waals surface area contributed by atoms with Crippen molar-refractivity contribution < 1.29 is 18.8 Å². The molecule has 0 saturated heterocycles. The van der Waals surface area contributed by atoms with Gasteiger partial charge < -0.3 is 20.9 Å². The number of nitrogens with zero attached hydrogens (tertiary/aromatic N) is 2. The third-order valence-electron chi connectivity index (χ3n) is 8.46. The van der Waals surface area contributed by atoms with Crippen molar-refractivity contribution in [2.75, 3.05) is 20.6 Å². The monoisotopic (exact) mass is 650 g/mol. The van der Waals surface area contributed by atoms with Gasteiger partial charge in [-0.1, -0.05) is 90.5 Å². The molecule has 8 heteroatoms. The summed E-state index contributed by atoms with van der Waals surface area (Å²) in [4.78, 5) is 44.8. The van der Waals surface area contributed by atoms with Gasteiger partial charge in [-0.25, -0.2) is 4.39 Å². The van der Waals surface area contributed by atoms with Crippen LogP contribution in [0.1, 0.15) is 43.9 Å². The fourth-order valence-corrected chi connectivity index (χ4v) is 5.95. The Balaban J connectivity index is 1.64. The zero-order chi connectivity index (χ0) is 34.8. The van der Waals surface area contributed by atoms with E-state index in [-0.39, 0.29) is 36.4 Å². The molecule has 3 amide bonds. The normalized spacial score (nSPS) is 13.1. The number of halogens is 1. The van der Waals surface area contributed by atoms with Crippen molar-refractivity contribution in [3.8, 4) is 0 Å². The number of amides is 3. The lowest BCUT2D eigenvalue weighted by atomic mass is 9.96. The van der Waals surface area contributed by atoms with E-state index < -0.39 is 17.6 Å². The zero-order valence-electron chi connectivity index (χ0n) is 28.6. The minimum absolute atomic E-state index is 0.171. The van der Waals surface area contributed by atoms with Crippen LogP contribution in [-0.4, -0.2) is 65.8 Å². The maximum atomic E-state index is 14.5. The van der Waals surface area contributed by atoms with Crippen molar-refractivity contribution in [3.05, 3.63) is 131 Å². The van der Waals surface area contributed by atoms with Crippen LogP contribution in [0.4, 0.5) is 4.39 Å². The highest BCUT2D eigenvalue weighted by molar-refractivity contribution is 5.95. The van der Waals surface area contributed by atoms with Crippen molar-refractivity contribution in [1.82, 2.24) is 15.1 Å². The van der Waals surface area contributed by atoms with E-state index in [2.05, 4.69) is 5.32 Å². The second-order valence-corrected chi connectivity index (χ2v) is 13.3. The third kappa shape index (κ3) is 10.3. The molecular formula is C40H47FN4O3. The first-order valence-corrected chi connectivity index (χ1v) is 16.3. The molecule has 0 aliphatic rings. The molecule has 0 bridgehead atoms. The highest BCUT2D eigenvalue weighted by Crippen LogP contribution is 2.21. The number of carbonyl (C=O) groups excluding carboxylic acids is 3. The molecule has 2 atom stereocenters. The van der Waals surface area contributed by atoms with Crippen molar-refractivity contribution in [2.24, 2.45) is 5.73 Å². The largest absolute Gasteiger partial charge is 0.354 e. The Kier molecular flexibility index (Phi) is 12.3. The summed E-state index contributed by atoms with van der Waals surface area (Å²) >= 11 is 0. The fraction of sp³-hybridized carbons (Fsp3) is 0.325. The van der Waals surface area contributed by atoms with Crippen LogP contribution in [0, 0.1) is 5.82 Å². The molecule has 252 valence electrons. The first-order chi connectivity index (χ1) is 22.8. The number of hydrogen-bond acceptors (Lipinski definition) is 4. The molecule has 4 aromatic carbocycles. The molecule has 4 aromatic rings. The number of fused-ring (bicyclic) bond motifs is 1. The van der Waals surface area contributed by atoms with Gasteiger partial charge >= 0.3 is 0 Å². The predicted molar refractivity (Wildman–Crippen MR) is 191 cm³/mol. The molecule has 0 aliphatic carbocycles. The molecule has 0 saturated carbocycles. The summed E-state index contributed by atoms with van der Waals surface area (Å²) in [5.74, 6) is -1.42. The molecule has 0 heterocycles. The standard InChI is InChI=1S/C40H47FN4O3/c1-28(27-40(2,3)42)23-37(46)44(4)36(26-31-15-18-32-13-9-10-14-33(32)24-31)39(48)45(5)35(25-30-16-19-34(41)20-17-30)38(47)43-22-21-29-11-7-6-8-12-29/h6-20,23-24,35-36H,21-22,25-27,42H2,1-5H3,(H,43,47)/b28-23+/t35-,36-/m1/s1. The number of nitrogens with two attached hydrogens (primary N) is 1. The Bertz CT molecular complexity index is 1730. The highest BCUT2D eigenvalue weighted by atomic mass is 19.1. The Morgan fingerprint density at radius 1 is 0.792 bits per heavy atom. The Labute approximate surface area is 283 Å². The summed E-state index contributed by atoms with van der Waals surface area (Å²) in [6, 6.07) is 27.9. The maximum absolute atomic E-state index is 14.5. The fourth-order valence-electron chi connectivity index (χ4n) is 5.95. The Morgan fingerprint density at radius 2 is 1.40 bits per heavy atom. The van der Waals surface area contributed by atoms with E-state index in [9.17, 15) is 18.8 Å². The summed E-state index contributed by atoms with van der Waals surface area (Å²) in [5, 5.41) is 5.09. The van der Waals surface area contributed by atoms with Gasteiger partial charge in [0.2, 0.25) is 17.7 Å². The van der Waals surface area contributed by atoms with E-state index in [4.69, 9.17) is 5.73 Å². The van der Waals surface area contributed by atoms with Gasteiger partial charge in [-0.05, 0) is 73.2 Å². The first-order valence-electron chi connectivity index (χ1n) is 16.3. The lowest BCUT2D eigenvalue weighted by Crippen LogP contribution is -2.56. The average molecular weight is 651 g/mol. The van der Waals surface area contributed by atoms with Crippen LogP contribution < -0.4 is 11.1 Å². The third-order valence-corrected chi connectivity index (χ3v) is 8.46. The topological polar surface area (TPSA) is 95.7 Å². The molecule has 0 fully saturated rings. The number of hydrogen-bond donors (Lipinski definition) is 2. The summed E-state index contributed by atoms with van der Waals surface area (Å²) in [7, 11) is 3.21. The molecule has 0 aromatic heterocycles. The van der Waals surface area contributed by atoms with E-state index >= 15 is 0 Å². The van der Waals surface area contributed by atoms with Crippen LogP contribution in [0.5, 0.6) is 0 Å². The minimum Gasteiger partial charge on any atom is -0.354 e. The first kappa shape index (κ1) is 36.0. The van der Waals surface area contributed by atoms with Crippen LogP contribution >= 0.6 is 0 Å². The molecule has 48 heavy (non-hydrogen) atoms. The quantitative estimate of drug-likeness (QED) is 0.168. The van der Waals surface area contributed by atoms with Crippen LogP contribution in [-0.2, 0) is 33.6 Å². The van der Waals surface area contributed by atoms with Gasteiger partial charge in [0, 0.05) is 45.1 Å². The summed E-state index contributed by atoms with van der Waals surface area (Å²) in [5.41, 5.74) is 9.17. The zero-order valence-corrected chi connectivity index (χ0v) is 28.6. The number of benzene rings is 4. The van der Waals surface area contributed by atoms with E-state index in [0.29, 0.717) is 24.9 Å². The highest BCUT2D eigenvalue weighted by Gasteiger charge is 2.35. The number of carbonyl (C=O) groups is 3. The smallest absolute Gasteiger partial charge is 0.246 e. The number of likely N-dealkylation sites (N-methyl/N-ethyl adjacent to an activating group) is 2. The second kappa shape index (κ2) is 16.3. The lowest BCUT2D eigenvalue weighted by Gasteiger charge is -2.34. The van der Waals surface area contributed by atoms with Crippen LogP contribution in [0.15, 0.2) is 109 Å². The number of rotatable bonds is 14. The summed E-state index contributed by atoms with van der Waals surface area (Å²) < 4.78 is 13.8. The SMILES string of the molecule is C/C(=C\C(=O)N(C)[C@H](Cc1ccc2ccccc2c1)C(=O)N(C)[C@H](Cc1ccc(F)cc1)C(=O)NCCc1ccccc1)CC(C)(C)N. The van der Waals surface area contributed by atoms with Crippen molar-refractivity contribution >= 4 is 28.5 Å². The second-order valence-electron chi connectivity index (χ2n) is 13.3. The maximum Gasteiger partial charge on any atom is 0.246 e. The number of nitrogens with one attached hydrogen (secondary N) is 1. The minimum atomic E-state index is -0.911. The van der Waals surface area contributed by atoms with Crippen molar-refractivity contribution in [2.45, 2.75) is 64.1 Å².